The standard InChI is InChI=1S/C13H12N2O4/c16-13(17)4-10-6-15(7-14-10)5-9-1-2-11-12(3-9)19-8-18-11/h1-3,6-7H,4-5,8H2,(H,16,17). The number of nitrogens with zero attached hydrogens (tertiary/aromatic N) is 2. The molecule has 0 radical (unpaired) electrons. The molecule has 19 heavy (non-hydrogen) atoms. The first kappa shape index (κ1) is 11.6. The van der Waals surface area contributed by atoms with E-state index in [0.29, 0.717) is 12.2 Å². The second-order valence-electron chi connectivity index (χ2n) is 4.30. The third-order valence-electron chi connectivity index (χ3n) is 2.82. The van der Waals surface area contributed by atoms with Crippen molar-refractivity contribution in [1.29, 1.82) is 0 Å². The lowest BCUT2D eigenvalue weighted by Crippen LogP contribution is -2.00. The molecule has 1 aromatic carbocycles. The molecule has 0 unspecified atom stereocenters. The second-order valence-corrected chi connectivity index (χ2v) is 4.30. The number of hydrogen-bond acceptors (Lipinski definition) is 4. The molecular formula is C13H12N2O4. The quantitative estimate of drug-likeness (QED) is 0.896. The number of benzene rings is 1. The van der Waals surface area contributed by atoms with E-state index in [-0.39, 0.29) is 13.2 Å². The Kier molecular flexibility index (Phi) is 2.83. The number of aromatic nitrogens is 2. The minimum absolute atomic E-state index is 0.0614. The number of ether oxygens (including phenoxy) is 2. The van der Waals surface area contributed by atoms with Gasteiger partial charge in [0.2, 0.25) is 6.79 Å². The normalized spacial score (nSPS) is 12.6. The molecule has 1 aliphatic rings. The van der Waals surface area contributed by atoms with E-state index in [4.69, 9.17) is 14.6 Å². The summed E-state index contributed by atoms with van der Waals surface area (Å²) in [6.07, 6.45) is 3.30. The van der Waals surface area contributed by atoms with Crippen molar-refractivity contribution >= 4 is 5.97 Å². The SMILES string of the molecule is O=C(O)Cc1cn(Cc2ccc3c(c2)OCO3)cn1. The lowest BCUT2D eigenvalue weighted by Gasteiger charge is -2.03. The summed E-state index contributed by atoms with van der Waals surface area (Å²) in [5.41, 5.74) is 1.59. The Balaban J connectivity index is 1.74. The van der Waals surface area contributed by atoms with E-state index in [9.17, 15) is 4.79 Å². The van der Waals surface area contributed by atoms with Gasteiger partial charge in [-0.2, -0.15) is 0 Å². The van der Waals surface area contributed by atoms with E-state index in [0.717, 1.165) is 17.1 Å². The lowest BCUT2D eigenvalue weighted by molar-refractivity contribution is -0.136. The summed E-state index contributed by atoms with van der Waals surface area (Å²) >= 11 is 0. The van der Waals surface area contributed by atoms with Crippen molar-refractivity contribution < 1.29 is 19.4 Å². The maximum Gasteiger partial charge on any atom is 0.309 e. The highest BCUT2D eigenvalue weighted by atomic mass is 16.7. The molecule has 0 fully saturated rings. The summed E-state index contributed by atoms with van der Waals surface area (Å²) in [4.78, 5) is 14.6. The zero-order chi connectivity index (χ0) is 13.2. The molecular weight excluding hydrogens is 248 g/mol. The summed E-state index contributed by atoms with van der Waals surface area (Å²) in [6.45, 7) is 0.871. The van der Waals surface area contributed by atoms with E-state index in [1.165, 1.54) is 0 Å². The maximum atomic E-state index is 10.6. The molecule has 1 aliphatic heterocycles. The van der Waals surface area contributed by atoms with E-state index >= 15 is 0 Å². The van der Waals surface area contributed by atoms with Gasteiger partial charge in [0, 0.05) is 12.7 Å². The van der Waals surface area contributed by atoms with Gasteiger partial charge in [0.1, 0.15) is 0 Å². The fraction of sp³-hybridized carbons (Fsp3) is 0.231. The van der Waals surface area contributed by atoms with Gasteiger partial charge in [0.25, 0.3) is 0 Å². The van der Waals surface area contributed by atoms with E-state index < -0.39 is 5.97 Å². The van der Waals surface area contributed by atoms with Crippen LogP contribution in [0.2, 0.25) is 0 Å². The summed E-state index contributed by atoms with van der Waals surface area (Å²) in [6, 6.07) is 5.73. The molecule has 98 valence electrons. The highest BCUT2D eigenvalue weighted by Crippen LogP contribution is 2.32. The average molecular weight is 260 g/mol. The molecule has 1 N–H and O–H groups in total. The van der Waals surface area contributed by atoms with Crippen LogP contribution in [0.3, 0.4) is 0 Å². The first-order chi connectivity index (χ1) is 9.20. The van der Waals surface area contributed by atoms with Gasteiger partial charge in [0.15, 0.2) is 11.5 Å². The minimum atomic E-state index is -0.881. The van der Waals surface area contributed by atoms with Crippen molar-refractivity contribution in [2.75, 3.05) is 6.79 Å². The molecule has 0 aliphatic carbocycles. The zero-order valence-corrected chi connectivity index (χ0v) is 10.1. The Morgan fingerprint density at radius 1 is 1.37 bits per heavy atom. The Labute approximate surface area is 109 Å². The zero-order valence-electron chi connectivity index (χ0n) is 10.1. The van der Waals surface area contributed by atoms with Crippen LogP contribution in [0.1, 0.15) is 11.3 Å². The van der Waals surface area contributed by atoms with Crippen LogP contribution >= 0.6 is 0 Å². The summed E-state index contributed by atoms with van der Waals surface area (Å²) < 4.78 is 12.4. The fourth-order valence-corrected chi connectivity index (χ4v) is 1.99. The summed E-state index contributed by atoms with van der Waals surface area (Å²) in [5.74, 6) is 0.609. The van der Waals surface area contributed by atoms with Crippen molar-refractivity contribution in [2.45, 2.75) is 13.0 Å². The van der Waals surface area contributed by atoms with Gasteiger partial charge in [-0.3, -0.25) is 4.79 Å². The topological polar surface area (TPSA) is 73.6 Å². The fourth-order valence-electron chi connectivity index (χ4n) is 1.99. The molecule has 0 amide bonds. The Morgan fingerprint density at radius 2 is 2.21 bits per heavy atom. The molecule has 6 heteroatoms. The molecule has 2 heterocycles. The Bertz CT molecular complexity index is 621. The molecule has 0 atom stereocenters. The molecule has 2 aromatic rings. The molecule has 6 nitrogen and oxygen atoms in total. The van der Waals surface area contributed by atoms with E-state index in [2.05, 4.69) is 4.98 Å². The first-order valence-corrected chi connectivity index (χ1v) is 5.82. The predicted octanol–water partition coefficient (Wildman–Crippen LogP) is 1.29. The molecule has 1 aromatic heterocycles. The molecule has 0 bridgehead atoms. The van der Waals surface area contributed by atoms with Gasteiger partial charge in [-0.15, -0.1) is 0 Å². The third kappa shape index (κ3) is 2.52. The molecule has 0 saturated carbocycles. The number of carboxylic acids is 1. The van der Waals surface area contributed by atoms with Gasteiger partial charge < -0.3 is 19.1 Å². The van der Waals surface area contributed by atoms with Crippen LogP contribution in [0.4, 0.5) is 0 Å². The van der Waals surface area contributed by atoms with Crippen LogP contribution in [0.15, 0.2) is 30.7 Å². The highest BCUT2D eigenvalue weighted by Gasteiger charge is 2.13. The summed E-state index contributed by atoms with van der Waals surface area (Å²) in [5, 5.41) is 8.69. The van der Waals surface area contributed by atoms with Gasteiger partial charge in [-0.05, 0) is 17.7 Å². The van der Waals surface area contributed by atoms with Gasteiger partial charge >= 0.3 is 5.97 Å². The number of carboxylic acid groups (broad SMARTS) is 1. The number of fused-ring (bicyclic) bond motifs is 1. The number of aliphatic carboxylic acids is 1. The highest BCUT2D eigenvalue weighted by molar-refractivity contribution is 5.69. The van der Waals surface area contributed by atoms with Crippen molar-refractivity contribution in [3.8, 4) is 11.5 Å². The lowest BCUT2D eigenvalue weighted by atomic mass is 10.2. The average Bonchev–Trinajstić information content (AvgIpc) is 2.97. The number of imidazole rings is 1. The third-order valence-corrected chi connectivity index (χ3v) is 2.82. The van der Waals surface area contributed by atoms with Crippen LogP contribution in [0.5, 0.6) is 11.5 Å². The minimum Gasteiger partial charge on any atom is -0.481 e. The largest absolute Gasteiger partial charge is 0.481 e. The van der Waals surface area contributed by atoms with E-state index in [1.54, 1.807) is 12.5 Å². The van der Waals surface area contributed by atoms with Gasteiger partial charge in [-0.1, -0.05) is 6.07 Å². The maximum absolute atomic E-state index is 10.6. The van der Waals surface area contributed by atoms with Crippen LogP contribution < -0.4 is 9.47 Å². The Hall–Kier alpha value is -2.50. The van der Waals surface area contributed by atoms with Crippen molar-refractivity contribution in [2.24, 2.45) is 0 Å². The smallest absolute Gasteiger partial charge is 0.309 e. The summed E-state index contributed by atoms with van der Waals surface area (Å²) in [7, 11) is 0. The van der Waals surface area contributed by atoms with Crippen molar-refractivity contribution in [3.05, 3.63) is 42.0 Å². The van der Waals surface area contributed by atoms with Crippen LogP contribution in [0.25, 0.3) is 0 Å². The van der Waals surface area contributed by atoms with Crippen LogP contribution in [0, 0.1) is 0 Å². The van der Waals surface area contributed by atoms with Gasteiger partial charge in [0.05, 0.1) is 18.4 Å². The van der Waals surface area contributed by atoms with Crippen LogP contribution in [-0.4, -0.2) is 27.4 Å². The van der Waals surface area contributed by atoms with Crippen LogP contribution in [-0.2, 0) is 17.8 Å². The number of rotatable bonds is 4. The molecule has 0 saturated heterocycles. The van der Waals surface area contributed by atoms with Crippen molar-refractivity contribution in [1.82, 2.24) is 9.55 Å². The monoisotopic (exact) mass is 260 g/mol. The van der Waals surface area contributed by atoms with E-state index in [1.807, 2.05) is 22.8 Å². The van der Waals surface area contributed by atoms with Crippen molar-refractivity contribution in [3.63, 3.8) is 0 Å². The number of carbonyl (C=O) groups is 1. The first-order valence-electron chi connectivity index (χ1n) is 5.82. The predicted molar refractivity (Wildman–Crippen MR) is 65.2 cm³/mol. The Morgan fingerprint density at radius 3 is 3.05 bits per heavy atom. The molecule has 0 spiro atoms. The van der Waals surface area contributed by atoms with Gasteiger partial charge in [-0.25, -0.2) is 4.98 Å². The second kappa shape index (κ2) is 4.64. The number of hydrogen-bond donors (Lipinski definition) is 1. The molecule has 3 rings (SSSR count).